The van der Waals surface area contributed by atoms with Crippen LogP contribution in [-0.2, 0) is 19.1 Å². The van der Waals surface area contributed by atoms with Crippen molar-refractivity contribution in [1.82, 2.24) is 4.98 Å². The van der Waals surface area contributed by atoms with E-state index in [1.54, 1.807) is 48.8 Å². The van der Waals surface area contributed by atoms with E-state index in [-0.39, 0.29) is 11.5 Å². The normalized spacial score (nSPS) is 10.7. The van der Waals surface area contributed by atoms with Crippen LogP contribution in [-0.4, -0.2) is 36.9 Å². The standard InChI is InChI=1S/C18H16N2O5/c1-24-16(21)11-15(18(23)25-2)20-14-5-3-12(4-6-14)17(22)13-7-9-19-10-8-13/h3-11,20H,1-2H3/b15-11+. The second kappa shape index (κ2) is 8.39. The van der Waals surface area contributed by atoms with E-state index < -0.39 is 11.9 Å². The van der Waals surface area contributed by atoms with Crippen molar-refractivity contribution in [1.29, 1.82) is 0 Å². The summed E-state index contributed by atoms with van der Waals surface area (Å²) in [5.74, 6) is -1.56. The van der Waals surface area contributed by atoms with E-state index in [0.29, 0.717) is 16.8 Å². The van der Waals surface area contributed by atoms with Crippen LogP contribution in [0.15, 0.2) is 60.6 Å². The van der Waals surface area contributed by atoms with Gasteiger partial charge in [0.05, 0.1) is 20.3 Å². The molecule has 0 amide bonds. The summed E-state index contributed by atoms with van der Waals surface area (Å²) in [5.41, 5.74) is 1.43. The second-order valence-electron chi connectivity index (χ2n) is 4.84. The predicted molar refractivity (Wildman–Crippen MR) is 89.8 cm³/mol. The Morgan fingerprint density at radius 3 is 2.08 bits per heavy atom. The fraction of sp³-hybridized carbons (Fsp3) is 0.111. The van der Waals surface area contributed by atoms with Crippen LogP contribution >= 0.6 is 0 Å². The first-order chi connectivity index (χ1) is 12.0. The molecule has 0 saturated heterocycles. The number of hydrogen-bond acceptors (Lipinski definition) is 7. The summed E-state index contributed by atoms with van der Waals surface area (Å²) in [5, 5.41) is 2.77. The monoisotopic (exact) mass is 340 g/mol. The molecule has 25 heavy (non-hydrogen) atoms. The highest BCUT2D eigenvalue weighted by Crippen LogP contribution is 2.15. The highest BCUT2D eigenvalue weighted by molar-refractivity contribution is 6.09. The SMILES string of the molecule is COC(=O)/C=C(/Nc1ccc(C(=O)c2ccncc2)cc1)C(=O)OC. The fourth-order valence-electron chi connectivity index (χ4n) is 1.96. The molecule has 0 aliphatic rings. The van der Waals surface area contributed by atoms with Gasteiger partial charge in [0, 0.05) is 29.2 Å². The molecule has 0 saturated carbocycles. The Labute approximate surface area is 144 Å². The number of carbonyl (C=O) groups excluding carboxylic acids is 3. The molecule has 1 heterocycles. The number of pyridine rings is 1. The van der Waals surface area contributed by atoms with Crippen molar-refractivity contribution in [2.24, 2.45) is 0 Å². The van der Waals surface area contributed by atoms with Gasteiger partial charge in [0.1, 0.15) is 5.70 Å². The molecule has 0 aliphatic heterocycles. The molecular weight excluding hydrogens is 324 g/mol. The number of rotatable bonds is 6. The van der Waals surface area contributed by atoms with E-state index in [1.807, 2.05) is 0 Å². The van der Waals surface area contributed by atoms with Crippen molar-refractivity contribution >= 4 is 23.4 Å². The molecule has 7 heteroatoms. The molecular formula is C18H16N2O5. The number of carbonyl (C=O) groups is 3. The molecule has 0 unspecified atom stereocenters. The third-order valence-electron chi connectivity index (χ3n) is 3.24. The number of methoxy groups -OCH3 is 2. The van der Waals surface area contributed by atoms with E-state index in [9.17, 15) is 14.4 Å². The van der Waals surface area contributed by atoms with Gasteiger partial charge in [-0.3, -0.25) is 9.78 Å². The van der Waals surface area contributed by atoms with Gasteiger partial charge in [0.15, 0.2) is 5.78 Å². The van der Waals surface area contributed by atoms with Gasteiger partial charge in [-0.25, -0.2) is 9.59 Å². The summed E-state index contributed by atoms with van der Waals surface area (Å²) in [6, 6.07) is 9.70. The third-order valence-corrected chi connectivity index (χ3v) is 3.24. The first-order valence-corrected chi connectivity index (χ1v) is 7.25. The van der Waals surface area contributed by atoms with Crippen LogP contribution in [0.25, 0.3) is 0 Å². The van der Waals surface area contributed by atoms with Gasteiger partial charge in [-0.1, -0.05) is 0 Å². The maximum absolute atomic E-state index is 12.3. The second-order valence-corrected chi connectivity index (χ2v) is 4.84. The van der Waals surface area contributed by atoms with Crippen LogP contribution in [0, 0.1) is 0 Å². The van der Waals surface area contributed by atoms with Crippen molar-refractivity contribution in [2.75, 3.05) is 19.5 Å². The lowest BCUT2D eigenvalue weighted by atomic mass is 10.0. The molecule has 0 atom stereocenters. The fourth-order valence-corrected chi connectivity index (χ4v) is 1.96. The number of benzene rings is 1. The molecule has 1 aromatic heterocycles. The van der Waals surface area contributed by atoms with Crippen LogP contribution in [0.5, 0.6) is 0 Å². The van der Waals surface area contributed by atoms with Crippen LogP contribution in [0.1, 0.15) is 15.9 Å². The van der Waals surface area contributed by atoms with Crippen molar-refractivity contribution in [3.05, 3.63) is 71.7 Å². The average molecular weight is 340 g/mol. The molecule has 0 spiro atoms. The van der Waals surface area contributed by atoms with Gasteiger partial charge >= 0.3 is 11.9 Å². The minimum atomic E-state index is -0.720. The highest BCUT2D eigenvalue weighted by Gasteiger charge is 2.13. The topological polar surface area (TPSA) is 94.6 Å². The number of ether oxygens (including phenoxy) is 2. The number of nitrogens with one attached hydrogen (secondary N) is 1. The van der Waals surface area contributed by atoms with Crippen molar-refractivity contribution in [3.63, 3.8) is 0 Å². The quantitative estimate of drug-likeness (QED) is 0.488. The smallest absolute Gasteiger partial charge is 0.354 e. The molecule has 2 rings (SSSR count). The highest BCUT2D eigenvalue weighted by atomic mass is 16.5. The largest absolute Gasteiger partial charge is 0.466 e. The number of ketones is 1. The molecule has 1 aromatic carbocycles. The van der Waals surface area contributed by atoms with Gasteiger partial charge in [0.25, 0.3) is 0 Å². The lowest BCUT2D eigenvalue weighted by Gasteiger charge is -2.09. The number of aromatic nitrogens is 1. The Balaban J connectivity index is 2.18. The van der Waals surface area contributed by atoms with Gasteiger partial charge in [0.2, 0.25) is 0 Å². The number of hydrogen-bond donors (Lipinski definition) is 1. The summed E-state index contributed by atoms with van der Waals surface area (Å²) >= 11 is 0. The Hall–Kier alpha value is -3.48. The van der Waals surface area contributed by atoms with Crippen molar-refractivity contribution in [2.45, 2.75) is 0 Å². The van der Waals surface area contributed by atoms with E-state index in [0.717, 1.165) is 6.08 Å². The first-order valence-electron chi connectivity index (χ1n) is 7.25. The summed E-state index contributed by atoms with van der Waals surface area (Å²) in [7, 11) is 2.40. The molecule has 128 valence electrons. The molecule has 0 bridgehead atoms. The minimum absolute atomic E-state index is 0.0810. The van der Waals surface area contributed by atoms with Crippen LogP contribution < -0.4 is 5.32 Å². The molecule has 2 aromatic rings. The van der Waals surface area contributed by atoms with E-state index in [1.165, 1.54) is 14.2 Å². The third kappa shape index (κ3) is 4.74. The summed E-state index contributed by atoms with van der Waals surface area (Å²) in [6.07, 6.45) is 4.08. The van der Waals surface area contributed by atoms with Crippen molar-refractivity contribution < 1.29 is 23.9 Å². The minimum Gasteiger partial charge on any atom is -0.466 e. The van der Waals surface area contributed by atoms with Gasteiger partial charge in [-0.15, -0.1) is 0 Å². The maximum Gasteiger partial charge on any atom is 0.354 e. The molecule has 7 nitrogen and oxygen atoms in total. The zero-order valence-corrected chi connectivity index (χ0v) is 13.7. The van der Waals surface area contributed by atoms with E-state index in [4.69, 9.17) is 0 Å². The summed E-state index contributed by atoms with van der Waals surface area (Å²) in [4.78, 5) is 39.2. The molecule has 0 fully saturated rings. The lowest BCUT2D eigenvalue weighted by molar-refractivity contribution is -0.138. The first kappa shape index (κ1) is 17.9. The lowest BCUT2D eigenvalue weighted by Crippen LogP contribution is -2.15. The Bertz CT molecular complexity index is 798. The molecule has 0 aliphatic carbocycles. The van der Waals surface area contributed by atoms with E-state index in [2.05, 4.69) is 19.8 Å². The van der Waals surface area contributed by atoms with Gasteiger partial charge in [-0.2, -0.15) is 0 Å². The van der Waals surface area contributed by atoms with Gasteiger partial charge < -0.3 is 14.8 Å². The Morgan fingerprint density at radius 1 is 0.920 bits per heavy atom. The van der Waals surface area contributed by atoms with Gasteiger partial charge in [-0.05, 0) is 36.4 Å². The average Bonchev–Trinajstić information content (AvgIpc) is 2.67. The molecule has 0 radical (unpaired) electrons. The number of anilines is 1. The van der Waals surface area contributed by atoms with Crippen LogP contribution in [0.2, 0.25) is 0 Å². The Kier molecular flexibility index (Phi) is 6.00. The molecule has 1 N–H and O–H groups in total. The van der Waals surface area contributed by atoms with Crippen molar-refractivity contribution in [3.8, 4) is 0 Å². The predicted octanol–water partition coefficient (Wildman–Crippen LogP) is 1.95. The number of esters is 2. The maximum atomic E-state index is 12.3. The Morgan fingerprint density at radius 2 is 1.52 bits per heavy atom. The summed E-state index contributed by atoms with van der Waals surface area (Å²) in [6.45, 7) is 0. The summed E-state index contributed by atoms with van der Waals surface area (Å²) < 4.78 is 9.11. The zero-order chi connectivity index (χ0) is 18.2. The van der Waals surface area contributed by atoms with E-state index >= 15 is 0 Å². The number of nitrogens with zero attached hydrogens (tertiary/aromatic N) is 1. The van der Waals surface area contributed by atoms with Crippen LogP contribution in [0.3, 0.4) is 0 Å². The zero-order valence-electron chi connectivity index (χ0n) is 13.7. The van der Waals surface area contributed by atoms with Crippen LogP contribution in [0.4, 0.5) is 5.69 Å².